The molecule has 1 aliphatic heterocycles. The monoisotopic (exact) mass is 527 g/mol. The maximum absolute atomic E-state index is 12.9. The van der Waals surface area contributed by atoms with Crippen LogP contribution in [-0.2, 0) is 14.8 Å². The van der Waals surface area contributed by atoms with Crippen molar-refractivity contribution >= 4 is 56.0 Å². The smallest absolute Gasteiger partial charge is 0.280 e. The van der Waals surface area contributed by atoms with Crippen molar-refractivity contribution in [2.75, 3.05) is 11.6 Å². The average Bonchev–Trinajstić information content (AvgIpc) is 2.93. The van der Waals surface area contributed by atoms with E-state index in [-0.39, 0.29) is 16.6 Å². The van der Waals surface area contributed by atoms with Crippen LogP contribution in [0, 0.1) is 3.57 Å². The Kier molecular flexibility index (Phi) is 5.96. The molecule has 0 saturated heterocycles. The Morgan fingerprint density at radius 1 is 1.28 bits per heavy atom. The molecular weight excluding hydrogens is 509 g/mol. The SMILES string of the molecule is CCOc1cc(/C=C2/C(=O)N(c3ccc(S(N)(=O)=O)cc3)N=C2C)cc(I)c1O. The normalized spacial score (nSPS) is 15.7. The number of anilines is 1. The Balaban J connectivity index is 1.94. The topological polar surface area (TPSA) is 122 Å². The van der Waals surface area contributed by atoms with Gasteiger partial charge in [-0.05, 0) is 84.5 Å². The minimum atomic E-state index is -3.82. The van der Waals surface area contributed by atoms with Gasteiger partial charge in [-0.2, -0.15) is 10.1 Å². The minimum absolute atomic E-state index is 0.0496. The van der Waals surface area contributed by atoms with Gasteiger partial charge in [0.1, 0.15) is 0 Å². The first kappa shape index (κ1) is 21.3. The Morgan fingerprint density at radius 2 is 1.93 bits per heavy atom. The number of hydrogen-bond acceptors (Lipinski definition) is 6. The van der Waals surface area contributed by atoms with Gasteiger partial charge < -0.3 is 9.84 Å². The van der Waals surface area contributed by atoms with E-state index in [9.17, 15) is 18.3 Å². The van der Waals surface area contributed by atoms with Crippen LogP contribution in [0.15, 0.2) is 52.0 Å². The van der Waals surface area contributed by atoms with Crippen molar-refractivity contribution in [3.05, 3.63) is 51.1 Å². The first-order chi connectivity index (χ1) is 13.6. The molecule has 2 aromatic rings. The fraction of sp³-hybridized carbons (Fsp3) is 0.158. The van der Waals surface area contributed by atoms with Crippen LogP contribution < -0.4 is 14.9 Å². The zero-order valence-electron chi connectivity index (χ0n) is 15.6. The van der Waals surface area contributed by atoms with E-state index < -0.39 is 10.0 Å². The molecule has 1 heterocycles. The minimum Gasteiger partial charge on any atom is -0.504 e. The average molecular weight is 527 g/mol. The fourth-order valence-electron chi connectivity index (χ4n) is 2.75. The number of primary sulfonamides is 1. The summed E-state index contributed by atoms with van der Waals surface area (Å²) in [5.74, 6) is 0.0305. The van der Waals surface area contributed by atoms with Gasteiger partial charge in [-0.1, -0.05) is 0 Å². The largest absolute Gasteiger partial charge is 0.504 e. The molecule has 1 aliphatic rings. The van der Waals surface area contributed by atoms with E-state index in [1.807, 2.05) is 29.5 Å². The number of hydrogen-bond donors (Lipinski definition) is 2. The van der Waals surface area contributed by atoms with Gasteiger partial charge in [0.05, 0.1) is 32.0 Å². The molecule has 0 bridgehead atoms. The summed E-state index contributed by atoms with van der Waals surface area (Å²) in [5.41, 5.74) is 1.98. The van der Waals surface area contributed by atoms with E-state index in [1.165, 1.54) is 29.3 Å². The summed E-state index contributed by atoms with van der Waals surface area (Å²) in [4.78, 5) is 12.8. The van der Waals surface area contributed by atoms with Crippen LogP contribution in [-0.4, -0.2) is 31.8 Å². The molecule has 0 aromatic heterocycles. The number of phenols is 1. The number of sulfonamides is 1. The molecule has 0 unspecified atom stereocenters. The number of nitrogens with zero attached hydrogens (tertiary/aromatic N) is 2. The van der Waals surface area contributed by atoms with E-state index in [2.05, 4.69) is 5.10 Å². The highest BCUT2D eigenvalue weighted by atomic mass is 127. The molecule has 0 radical (unpaired) electrons. The second-order valence-electron chi connectivity index (χ2n) is 6.18. The van der Waals surface area contributed by atoms with Crippen LogP contribution in [0.2, 0.25) is 0 Å². The predicted molar refractivity (Wildman–Crippen MR) is 118 cm³/mol. The van der Waals surface area contributed by atoms with Gasteiger partial charge in [0.15, 0.2) is 11.5 Å². The zero-order chi connectivity index (χ0) is 21.3. The van der Waals surface area contributed by atoms with Crippen molar-refractivity contribution in [2.45, 2.75) is 18.7 Å². The third kappa shape index (κ3) is 4.43. The summed E-state index contributed by atoms with van der Waals surface area (Å²) < 4.78 is 28.8. The van der Waals surface area contributed by atoms with Crippen molar-refractivity contribution in [3.63, 3.8) is 0 Å². The number of nitrogens with two attached hydrogens (primary N) is 1. The first-order valence-electron chi connectivity index (χ1n) is 8.51. The molecule has 0 fully saturated rings. The summed E-state index contributed by atoms with van der Waals surface area (Å²) in [6.45, 7) is 3.91. The van der Waals surface area contributed by atoms with Crippen LogP contribution in [0.4, 0.5) is 5.69 Å². The molecular formula is C19H18IN3O5S. The van der Waals surface area contributed by atoms with Gasteiger partial charge in [-0.25, -0.2) is 13.6 Å². The number of amides is 1. The lowest BCUT2D eigenvalue weighted by molar-refractivity contribution is -0.114. The third-order valence-electron chi connectivity index (χ3n) is 4.13. The van der Waals surface area contributed by atoms with Gasteiger partial charge >= 0.3 is 0 Å². The molecule has 152 valence electrons. The van der Waals surface area contributed by atoms with Gasteiger partial charge in [0.25, 0.3) is 5.91 Å². The van der Waals surface area contributed by atoms with Gasteiger partial charge in [0, 0.05) is 0 Å². The van der Waals surface area contributed by atoms with Crippen LogP contribution in [0.5, 0.6) is 11.5 Å². The number of rotatable bonds is 5. The number of benzene rings is 2. The van der Waals surface area contributed by atoms with Crippen molar-refractivity contribution < 1.29 is 23.1 Å². The second-order valence-corrected chi connectivity index (χ2v) is 8.91. The Labute approximate surface area is 181 Å². The summed E-state index contributed by atoms with van der Waals surface area (Å²) in [7, 11) is -3.82. The molecule has 10 heteroatoms. The number of carbonyl (C=O) groups is 1. The number of ether oxygens (including phenoxy) is 1. The number of hydrazone groups is 1. The zero-order valence-corrected chi connectivity index (χ0v) is 18.6. The Morgan fingerprint density at radius 3 is 2.52 bits per heavy atom. The van der Waals surface area contributed by atoms with E-state index in [4.69, 9.17) is 9.88 Å². The maximum atomic E-state index is 12.9. The number of phenolic OH excluding ortho intramolecular Hbond substituents is 1. The Hall–Kier alpha value is -2.44. The standard InChI is InChI=1S/C19H18IN3O5S/c1-3-28-17-10-12(9-16(20)18(17)24)8-15-11(2)22-23(19(15)25)13-4-6-14(7-5-13)29(21,26)27/h4-10,24H,3H2,1-2H3,(H2,21,26,27)/b15-8+. The Bertz CT molecular complexity index is 1140. The van der Waals surface area contributed by atoms with Gasteiger partial charge in [-0.15, -0.1) is 0 Å². The predicted octanol–water partition coefficient (Wildman–Crippen LogP) is 2.85. The third-order valence-corrected chi connectivity index (χ3v) is 5.89. The molecule has 0 saturated carbocycles. The number of aromatic hydroxyl groups is 1. The van der Waals surface area contributed by atoms with Crippen molar-refractivity contribution in [1.29, 1.82) is 0 Å². The molecule has 0 atom stereocenters. The van der Waals surface area contributed by atoms with E-state index in [0.717, 1.165) is 0 Å². The maximum Gasteiger partial charge on any atom is 0.280 e. The molecule has 0 spiro atoms. The molecule has 1 amide bonds. The molecule has 0 aliphatic carbocycles. The fourth-order valence-corrected chi connectivity index (χ4v) is 3.89. The summed E-state index contributed by atoms with van der Waals surface area (Å²) >= 11 is 1.99. The van der Waals surface area contributed by atoms with Crippen LogP contribution in [0.3, 0.4) is 0 Å². The van der Waals surface area contributed by atoms with Crippen LogP contribution in [0.1, 0.15) is 19.4 Å². The number of carbonyl (C=O) groups excluding carboxylic acids is 1. The highest BCUT2D eigenvalue weighted by Crippen LogP contribution is 2.34. The lowest BCUT2D eigenvalue weighted by Crippen LogP contribution is -2.21. The number of halogens is 1. The highest BCUT2D eigenvalue weighted by Gasteiger charge is 2.29. The second kappa shape index (κ2) is 8.13. The molecule has 2 aromatic carbocycles. The van der Waals surface area contributed by atoms with Gasteiger partial charge in [-0.3, -0.25) is 4.79 Å². The first-order valence-corrected chi connectivity index (χ1v) is 11.1. The van der Waals surface area contributed by atoms with Crippen molar-refractivity contribution in [2.24, 2.45) is 10.2 Å². The molecule has 29 heavy (non-hydrogen) atoms. The quantitative estimate of drug-likeness (QED) is 0.458. The van der Waals surface area contributed by atoms with E-state index >= 15 is 0 Å². The summed E-state index contributed by atoms with van der Waals surface area (Å²) in [6, 6.07) is 8.96. The lowest BCUT2D eigenvalue weighted by atomic mass is 10.1. The van der Waals surface area contributed by atoms with E-state index in [0.29, 0.717) is 38.5 Å². The van der Waals surface area contributed by atoms with Gasteiger partial charge in [0.2, 0.25) is 10.0 Å². The molecule has 3 N–H and O–H groups in total. The van der Waals surface area contributed by atoms with Crippen LogP contribution in [0.25, 0.3) is 6.08 Å². The van der Waals surface area contributed by atoms with Crippen molar-refractivity contribution in [1.82, 2.24) is 0 Å². The molecule has 3 rings (SSSR count). The summed E-state index contributed by atoms with van der Waals surface area (Å²) in [6.07, 6.45) is 1.67. The van der Waals surface area contributed by atoms with Crippen molar-refractivity contribution in [3.8, 4) is 11.5 Å². The summed E-state index contributed by atoms with van der Waals surface area (Å²) in [5, 5.41) is 20.7. The van der Waals surface area contributed by atoms with E-state index in [1.54, 1.807) is 25.1 Å². The lowest BCUT2D eigenvalue weighted by Gasteiger charge is -2.12. The van der Waals surface area contributed by atoms with Crippen LogP contribution >= 0.6 is 22.6 Å². The highest BCUT2D eigenvalue weighted by molar-refractivity contribution is 14.1. The molecule has 8 nitrogen and oxygen atoms in total.